The van der Waals surface area contributed by atoms with Crippen molar-refractivity contribution in [1.82, 2.24) is 23.8 Å². The summed E-state index contributed by atoms with van der Waals surface area (Å²) in [6, 6.07) is 4.80. The first-order valence-electron chi connectivity index (χ1n) is 12.0. The van der Waals surface area contributed by atoms with Crippen molar-refractivity contribution in [1.29, 1.82) is 0 Å². The molecule has 4 aromatic rings. The van der Waals surface area contributed by atoms with Crippen LogP contribution in [0.15, 0.2) is 46.5 Å². The van der Waals surface area contributed by atoms with Crippen LogP contribution in [0.3, 0.4) is 0 Å². The van der Waals surface area contributed by atoms with Crippen LogP contribution in [0.4, 0.5) is 4.39 Å². The lowest BCUT2D eigenvalue weighted by atomic mass is 10.1. The number of carbonyl (C=O) groups excluding carboxylic acids is 1. The highest BCUT2D eigenvalue weighted by Gasteiger charge is 2.26. The van der Waals surface area contributed by atoms with E-state index in [1.165, 1.54) is 39.6 Å². The SMILES string of the molecule is CSc1cc(F)ccc1Cc1cnc(-c2nc3n(CC(=O)N4CC(C)OC(C)C4)ccn3c(=O)c2C)s1. The van der Waals surface area contributed by atoms with Gasteiger partial charge < -0.3 is 14.2 Å². The Balaban J connectivity index is 1.44. The highest BCUT2D eigenvalue weighted by atomic mass is 32.2. The quantitative estimate of drug-likeness (QED) is 0.343. The highest BCUT2D eigenvalue weighted by molar-refractivity contribution is 7.98. The summed E-state index contributed by atoms with van der Waals surface area (Å²) in [4.78, 5) is 39.2. The van der Waals surface area contributed by atoms with Gasteiger partial charge in [-0.25, -0.2) is 14.4 Å². The Morgan fingerprint density at radius 2 is 2.00 bits per heavy atom. The van der Waals surface area contributed by atoms with Gasteiger partial charge in [0.15, 0.2) is 0 Å². The summed E-state index contributed by atoms with van der Waals surface area (Å²) in [5.41, 5.74) is 1.82. The molecule has 1 amide bonds. The molecule has 5 rings (SSSR count). The van der Waals surface area contributed by atoms with E-state index >= 15 is 0 Å². The van der Waals surface area contributed by atoms with Crippen LogP contribution in [0.5, 0.6) is 0 Å². The normalized spacial score (nSPS) is 18.0. The molecule has 0 aliphatic carbocycles. The molecule has 1 aromatic carbocycles. The third-order valence-corrected chi connectivity index (χ3v) is 8.25. The molecule has 37 heavy (non-hydrogen) atoms. The van der Waals surface area contributed by atoms with Crippen LogP contribution in [-0.2, 0) is 22.5 Å². The van der Waals surface area contributed by atoms with Gasteiger partial charge in [-0.1, -0.05) is 6.07 Å². The first-order valence-corrected chi connectivity index (χ1v) is 14.1. The van der Waals surface area contributed by atoms with Gasteiger partial charge in [-0.2, -0.15) is 0 Å². The second kappa shape index (κ2) is 10.4. The predicted molar refractivity (Wildman–Crippen MR) is 143 cm³/mol. The van der Waals surface area contributed by atoms with Crippen LogP contribution < -0.4 is 5.56 Å². The van der Waals surface area contributed by atoms with Crippen molar-refractivity contribution in [2.45, 2.75) is 50.8 Å². The number of aromatic nitrogens is 4. The van der Waals surface area contributed by atoms with Gasteiger partial charge in [-0.3, -0.25) is 14.0 Å². The van der Waals surface area contributed by atoms with Gasteiger partial charge in [0.05, 0.1) is 12.2 Å². The third kappa shape index (κ3) is 5.21. The number of halogens is 1. The second-order valence-corrected chi connectivity index (χ2v) is 11.3. The zero-order valence-electron chi connectivity index (χ0n) is 21.1. The number of hydrogen-bond acceptors (Lipinski definition) is 7. The Hall–Kier alpha value is -3.02. The number of fused-ring (bicyclic) bond motifs is 1. The fraction of sp³-hybridized carbons (Fsp3) is 0.385. The van der Waals surface area contributed by atoms with Crippen molar-refractivity contribution in [3.05, 3.63) is 69.0 Å². The lowest BCUT2D eigenvalue weighted by Crippen LogP contribution is -2.49. The van der Waals surface area contributed by atoms with Crippen LogP contribution in [0, 0.1) is 12.7 Å². The maximum Gasteiger partial charge on any atom is 0.262 e. The van der Waals surface area contributed by atoms with Crippen molar-refractivity contribution in [3.63, 3.8) is 0 Å². The standard InChI is InChI=1S/C26H28FN5O3S2/c1-15-12-31(13-16(2)35-15)22(33)14-30-7-8-32-25(34)17(3)23(29-26(30)32)24-28-11-20(37-24)9-18-5-6-19(27)10-21(18)36-4/h5-8,10-11,15-16H,9,12-14H2,1-4H3. The Bertz CT molecular complexity index is 1520. The molecular weight excluding hydrogens is 513 g/mol. The molecule has 0 spiro atoms. The second-order valence-electron chi connectivity index (χ2n) is 9.31. The van der Waals surface area contributed by atoms with E-state index in [1.807, 2.05) is 20.1 Å². The average Bonchev–Trinajstić information content (AvgIpc) is 3.49. The van der Waals surface area contributed by atoms with E-state index in [4.69, 9.17) is 9.72 Å². The third-order valence-electron chi connectivity index (χ3n) is 6.42. The number of imidazole rings is 1. The Morgan fingerprint density at radius 1 is 1.24 bits per heavy atom. The van der Waals surface area contributed by atoms with Gasteiger partial charge in [-0.05, 0) is 44.7 Å². The van der Waals surface area contributed by atoms with Gasteiger partial charge in [0.2, 0.25) is 11.7 Å². The van der Waals surface area contributed by atoms with Crippen molar-refractivity contribution in [3.8, 4) is 10.7 Å². The maximum atomic E-state index is 13.6. The molecule has 2 atom stereocenters. The van der Waals surface area contributed by atoms with Crippen LogP contribution in [0.25, 0.3) is 16.5 Å². The zero-order valence-corrected chi connectivity index (χ0v) is 22.7. The van der Waals surface area contributed by atoms with E-state index in [0.717, 1.165) is 15.3 Å². The first-order chi connectivity index (χ1) is 17.7. The lowest BCUT2D eigenvalue weighted by Gasteiger charge is -2.35. The minimum Gasteiger partial charge on any atom is -0.372 e. The number of thiazole rings is 1. The molecule has 2 unspecified atom stereocenters. The number of amides is 1. The molecule has 0 radical (unpaired) electrons. The van der Waals surface area contributed by atoms with E-state index in [9.17, 15) is 14.0 Å². The summed E-state index contributed by atoms with van der Waals surface area (Å²) in [7, 11) is 0. The van der Waals surface area contributed by atoms with E-state index in [1.54, 1.807) is 41.0 Å². The van der Waals surface area contributed by atoms with E-state index in [0.29, 0.717) is 41.6 Å². The number of thioether (sulfide) groups is 1. The molecule has 0 bridgehead atoms. The number of ether oxygens (including phenoxy) is 1. The van der Waals surface area contributed by atoms with Crippen LogP contribution in [0.1, 0.15) is 29.9 Å². The molecule has 194 valence electrons. The van der Waals surface area contributed by atoms with Gasteiger partial charge in [0, 0.05) is 53.4 Å². The monoisotopic (exact) mass is 541 g/mol. The smallest absolute Gasteiger partial charge is 0.262 e. The number of morpholine rings is 1. The summed E-state index contributed by atoms with van der Waals surface area (Å²) < 4.78 is 22.6. The molecule has 11 heteroatoms. The molecular formula is C26H28FN5O3S2. The van der Waals surface area contributed by atoms with Gasteiger partial charge in [-0.15, -0.1) is 23.1 Å². The number of benzene rings is 1. The molecule has 4 heterocycles. The fourth-order valence-electron chi connectivity index (χ4n) is 4.67. The average molecular weight is 542 g/mol. The van der Waals surface area contributed by atoms with E-state index in [-0.39, 0.29) is 36.0 Å². The Labute approximate surface area is 222 Å². The minimum absolute atomic E-state index is 0.0230. The van der Waals surface area contributed by atoms with Crippen LogP contribution in [-0.4, -0.2) is 61.3 Å². The van der Waals surface area contributed by atoms with Crippen molar-refractivity contribution in [2.24, 2.45) is 0 Å². The highest BCUT2D eigenvalue weighted by Crippen LogP contribution is 2.30. The molecule has 1 aliphatic heterocycles. The summed E-state index contributed by atoms with van der Waals surface area (Å²) in [5, 5.41) is 0.634. The van der Waals surface area contributed by atoms with Crippen molar-refractivity contribution < 1.29 is 13.9 Å². The van der Waals surface area contributed by atoms with E-state index in [2.05, 4.69) is 4.98 Å². The zero-order chi connectivity index (χ0) is 26.3. The number of nitrogens with zero attached hydrogens (tertiary/aromatic N) is 5. The Kier molecular flexibility index (Phi) is 7.19. The number of carbonyl (C=O) groups is 1. The summed E-state index contributed by atoms with van der Waals surface area (Å²) in [6.45, 7) is 6.80. The van der Waals surface area contributed by atoms with Crippen LogP contribution >= 0.6 is 23.1 Å². The van der Waals surface area contributed by atoms with Crippen LogP contribution in [0.2, 0.25) is 0 Å². The predicted octanol–water partition coefficient (Wildman–Crippen LogP) is 4.02. The number of rotatable bonds is 6. The topological polar surface area (TPSA) is 81.7 Å². The first kappa shape index (κ1) is 25.6. The van der Waals surface area contributed by atoms with Gasteiger partial charge in [0.25, 0.3) is 5.56 Å². The summed E-state index contributed by atoms with van der Waals surface area (Å²) >= 11 is 2.96. The lowest BCUT2D eigenvalue weighted by molar-refractivity contribution is -0.143. The molecule has 0 saturated carbocycles. The van der Waals surface area contributed by atoms with Gasteiger partial charge >= 0.3 is 0 Å². The minimum atomic E-state index is -0.258. The van der Waals surface area contributed by atoms with Gasteiger partial charge in [0.1, 0.15) is 23.1 Å². The molecule has 1 saturated heterocycles. The summed E-state index contributed by atoms with van der Waals surface area (Å²) in [5.74, 6) is 0.0935. The maximum absolute atomic E-state index is 13.6. The number of hydrogen-bond donors (Lipinski definition) is 0. The fourth-order valence-corrected chi connectivity index (χ4v) is 6.29. The molecule has 8 nitrogen and oxygen atoms in total. The summed E-state index contributed by atoms with van der Waals surface area (Å²) in [6.07, 6.45) is 7.62. The van der Waals surface area contributed by atoms with Crippen molar-refractivity contribution >= 4 is 34.8 Å². The molecule has 1 fully saturated rings. The molecule has 3 aromatic heterocycles. The molecule has 0 N–H and O–H groups in total. The van der Waals surface area contributed by atoms with E-state index < -0.39 is 0 Å². The largest absolute Gasteiger partial charge is 0.372 e. The Morgan fingerprint density at radius 3 is 2.73 bits per heavy atom. The molecule has 1 aliphatic rings. The van der Waals surface area contributed by atoms with Crippen molar-refractivity contribution in [2.75, 3.05) is 19.3 Å².